The lowest BCUT2D eigenvalue weighted by molar-refractivity contribution is 0.111. The molecule has 0 heterocycles. The number of aldehydes is 4. The Morgan fingerprint density at radius 3 is 1.09 bits per heavy atom. The van der Waals surface area contributed by atoms with Gasteiger partial charge in [-0.25, -0.2) is 0 Å². The SMILES string of the molecule is COc1cc(C=O)ccc1OP(OCc1cccc(OC)c1OP(Oc1ccc(C=O)cc1OC)Oc1ccc(C=O)cc1OC)Oc1ccc(C=O)cc1OC. The van der Waals surface area contributed by atoms with Crippen molar-refractivity contribution < 1.29 is 70.0 Å². The molecule has 296 valence electrons. The molecular formula is C40H36O15P2. The Labute approximate surface area is 330 Å². The van der Waals surface area contributed by atoms with Crippen LogP contribution in [0.3, 0.4) is 0 Å². The van der Waals surface area contributed by atoms with Crippen molar-refractivity contribution in [2.24, 2.45) is 0 Å². The minimum Gasteiger partial charge on any atom is -0.493 e. The molecule has 17 heteroatoms. The van der Waals surface area contributed by atoms with E-state index >= 15 is 0 Å². The fraction of sp³-hybridized carbons (Fsp3) is 0.150. The van der Waals surface area contributed by atoms with Gasteiger partial charge in [-0.3, -0.25) is 23.7 Å². The Morgan fingerprint density at radius 1 is 0.404 bits per heavy atom. The summed E-state index contributed by atoms with van der Waals surface area (Å²) in [7, 11) is 2.33. The molecule has 15 nitrogen and oxygen atoms in total. The Hall–Kier alpha value is -6.40. The predicted octanol–water partition coefficient (Wildman–Crippen LogP) is 8.64. The van der Waals surface area contributed by atoms with E-state index in [-0.39, 0.29) is 64.1 Å². The number of hydrogen-bond donors (Lipinski definition) is 0. The Kier molecular flexibility index (Phi) is 15.0. The minimum absolute atomic E-state index is 0.147. The third-order valence-corrected chi connectivity index (χ3v) is 9.81. The summed E-state index contributed by atoms with van der Waals surface area (Å²) in [6.45, 7) is -0.209. The first-order valence-electron chi connectivity index (χ1n) is 16.6. The van der Waals surface area contributed by atoms with Gasteiger partial charge >= 0.3 is 17.2 Å². The monoisotopic (exact) mass is 818 g/mol. The lowest BCUT2D eigenvalue weighted by Gasteiger charge is -2.23. The highest BCUT2D eigenvalue weighted by Crippen LogP contribution is 2.52. The van der Waals surface area contributed by atoms with Gasteiger partial charge in [0, 0.05) is 27.8 Å². The van der Waals surface area contributed by atoms with E-state index in [0.717, 1.165) is 0 Å². The predicted molar refractivity (Wildman–Crippen MR) is 208 cm³/mol. The molecule has 0 saturated heterocycles. The van der Waals surface area contributed by atoms with E-state index in [4.69, 9.17) is 50.8 Å². The lowest BCUT2D eigenvalue weighted by atomic mass is 10.2. The first-order valence-corrected chi connectivity index (χ1v) is 18.8. The summed E-state index contributed by atoms with van der Waals surface area (Å²) in [4.78, 5) is 45.9. The summed E-state index contributed by atoms with van der Waals surface area (Å²) >= 11 is 0. The van der Waals surface area contributed by atoms with Crippen LogP contribution in [0.5, 0.6) is 57.5 Å². The first-order chi connectivity index (χ1) is 27.8. The van der Waals surface area contributed by atoms with Crippen molar-refractivity contribution in [3.63, 3.8) is 0 Å². The van der Waals surface area contributed by atoms with Gasteiger partial charge in [0.2, 0.25) is 0 Å². The lowest BCUT2D eigenvalue weighted by Crippen LogP contribution is -2.08. The highest BCUT2D eigenvalue weighted by Gasteiger charge is 2.29. The standard InChI is InChI=1S/C40H36O15P2/c1-45-35-8-6-7-30(25-50-56(51-31-13-9-26(21-41)17-36(31)46-2)52-32-14-10-27(22-42)18-37(32)47-3)40(35)55-57(53-33-15-11-28(23-43)19-38(33)48-4)54-34-16-12-29(24-44)20-39(34)49-5/h6-24H,25H2,1-5H3. The smallest absolute Gasteiger partial charge is 0.493 e. The second kappa shape index (κ2) is 20.5. The van der Waals surface area contributed by atoms with E-state index in [1.54, 1.807) is 18.2 Å². The molecule has 5 rings (SSSR count). The van der Waals surface area contributed by atoms with Gasteiger partial charge in [0.1, 0.15) is 25.1 Å². The number of ether oxygens (including phenoxy) is 5. The van der Waals surface area contributed by atoms with E-state index in [1.807, 2.05) is 0 Å². The fourth-order valence-corrected chi connectivity index (χ4v) is 7.02. The molecule has 0 radical (unpaired) electrons. The topological polar surface area (TPSA) is 170 Å². The van der Waals surface area contributed by atoms with Crippen molar-refractivity contribution >= 4 is 42.3 Å². The van der Waals surface area contributed by atoms with Crippen LogP contribution in [0.1, 0.15) is 47.0 Å². The number of carbonyl (C=O) groups excluding carboxylic acids is 4. The van der Waals surface area contributed by atoms with Crippen LogP contribution in [0.15, 0.2) is 91.0 Å². The maximum Gasteiger partial charge on any atom is 0.530 e. The van der Waals surface area contributed by atoms with Crippen molar-refractivity contribution in [3.8, 4) is 57.5 Å². The highest BCUT2D eigenvalue weighted by molar-refractivity contribution is 7.43. The number of methoxy groups -OCH3 is 5. The van der Waals surface area contributed by atoms with Crippen molar-refractivity contribution in [1.29, 1.82) is 0 Å². The molecule has 0 saturated carbocycles. The zero-order valence-corrected chi connectivity index (χ0v) is 33.0. The van der Waals surface area contributed by atoms with Gasteiger partial charge in [-0.05, 0) is 78.9 Å². The van der Waals surface area contributed by atoms with Crippen molar-refractivity contribution in [2.75, 3.05) is 35.5 Å². The first kappa shape index (κ1) is 41.8. The molecule has 0 unspecified atom stereocenters. The van der Waals surface area contributed by atoms with Crippen LogP contribution in [-0.4, -0.2) is 60.7 Å². The van der Waals surface area contributed by atoms with E-state index in [2.05, 4.69) is 0 Å². The molecule has 0 amide bonds. The van der Waals surface area contributed by atoms with Gasteiger partial charge in [0.15, 0.2) is 57.5 Å². The molecule has 5 aromatic rings. The third-order valence-electron chi connectivity index (χ3n) is 7.76. The summed E-state index contributed by atoms with van der Waals surface area (Å²) < 4.78 is 65.3. The second-order valence-corrected chi connectivity index (χ2v) is 13.3. The van der Waals surface area contributed by atoms with E-state index in [1.165, 1.54) is 108 Å². The van der Waals surface area contributed by atoms with E-state index < -0.39 is 17.2 Å². The normalized spacial score (nSPS) is 10.6. The number of hydrogen-bond acceptors (Lipinski definition) is 15. The molecule has 0 fully saturated rings. The van der Waals surface area contributed by atoms with E-state index in [9.17, 15) is 19.2 Å². The van der Waals surface area contributed by atoms with Gasteiger partial charge in [0.25, 0.3) is 0 Å². The zero-order valence-electron chi connectivity index (χ0n) is 31.2. The van der Waals surface area contributed by atoms with Gasteiger partial charge < -0.3 is 46.3 Å². The molecule has 0 aliphatic heterocycles. The summed E-state index contributed by atoms with van der Waals surface area (Å²) in [6, 6.07) is 23.3. The number of carbonyl (C=O) groups is 4. The number of rotatable bonds is 22. The Bertz CT molecular complexity index is 2070. The van der Waals surface area contributed by atoms with Crippen LogP contribution >= 0.6 is 17.2 Å². The summed E-state index contributed by atoms with van der Waals surface area (Å²) in [6.07, 6.45) is 2.66. The molecule has 0 bridgehead atoms. The van der Waals surface area contributed by atoms with Crippen molar-refractivity contribution in [3.05, 3.63) is 119 Å². The molecule has 5 aromatic carbocycles. The average molecular weight is 819 g/mol. The summed E-state index contributed by atoms with van der Waals surface area (Å²) in [5.41, 5.74) is 1.81. The molecule has 57 heavy (non-hydrogen) atoms. The van der Waals surface area contributed by atoms with Crippen molar-refractivity contribution in [2.45, 2.75) is 6.61 Å². The summed E-state index contributed by atoms with van der Waals surface area (Å²) in [5.74, 6) is 2.10. The van der Waals surface area contributed by atoms with Crippen LogP contribution in [-0.2, 0) is 11.1 Å². The molecular weight excluding hydrogens is 782 g/mol. The van der Waals surface area contributed by atoms with Crippen molar-refractivity contribution in [1.82, 2.24) is 0 Å². The molecule has 0 aliphatic rings. The van der Waals surface area contributed by atoms with Crippen LogP contribution < -0.4 is 46.3 Å². The molecule has 0 spiro atoms. The van der Waals surface area contributed by atoms with Crippen LogP contribution in [0.2, 0.25) is 0 Å². The van der Waals surface area contributed by atoms with Gasteiger partial charge in [0.05, 0.1) is 42.2 Å². The van der Waals surface area contributed by atoms with Gasteiger partial charge in [-0.15, -0.1) is 0 Å². The van der Waals surface area contributed by atoms with Crippen LogP contribution in [0.25, 0.3) is 0 Å². The minimum atomic E-state index is -2.45. The van der Waals surface area contributed by atoms with Gasteiger partial charge in [-0.2, -0.15) is 0 Å². The quantitative estimate of drug-likeness (QED) is 0.0480. The van der Waals surface area contributed by atoms with Crippen LogP contribution in [0.4, 0.5) is 0 Å². The average Bonchev–Trinajstić information content (AvgIpc) is 3.26. The molecule has 0 aliphatic carbocycles. The maximum absolute atomic E-state index is 11.5. The fourth-order valence-electron chi connectivity index (χ4n) is 4.92. The maximum atomic E-state index is 11.5. The Balaban J connectivity index is 1.52. The second-order valence-electron chi connectivity index (χ2n) is 11.2. The number of para-hydroxylation sites is 1. The number of benzene rings is 5. The van der Waals surface area contributed by atoms with E-state index in [0.29, 0.717) is 53.0 Å². The molecule has 0 aromatic heterocycles. The highest BCUT2D eigenvalue weighted by atomic mass is 31.2. The molecule has 0 N–H and O–H groups in total. The summed E-state index contributed by atoms with van der Waals surface area (Å²) in [5, 5.41) is 0. The van der Waals surface area contributed by atoms with Crippen LogP contribution in [0, 0.1) is 0 Å². The molecule has 0 atom stereocenters. The Morgan fingerprint density at radius 2 is 0.754 bits per heavy atom. The third kappa shape index (κ3) is 10.7. The zero-order chi connectivity index (χ0) is 40.7. The largest absolute Gasteiger partial charge is 0.530 e. The van der Waals surface area contributed by atoms with Gasteiger partial charge in [-0.1, -0.05) is 12.1 Å².